The Labute approximate surface area is 167 Å². The van der Waals surface area contributed by atoms with Crippen LogP contribution in [0.5, 0.6) is 0 Å². The van der Waals surface area contributed by atoms with Crippen LogP contribution in [0, 0.1) is 12.8 Å². The molecule has 1 aliphatic heterocycles. The Bertz CT molecular complexity index is 868. The molecule has 5 nitrogen and oxygen atoms in total. The van der Waals surface area contributed by atoms with Crippen LogP contribution in [0.3, 0.4) is 0 Å². The fourth-order valence-corrected chi connectivity index (χ4v) is 3.58. The monoisotopic (exact) mass is 379 g/mol. The van der Waals surface area contributed by atoms with Crippen molar-refractivity contribution in [3.05, 3.63) is 59.2 Å². The topological polar surface area (TPSA) is 52.7 Å². The lowest BCUT2D eigenvalue weighted by Gasteiger charge is -2.31. The molecule has 0 saturated carbocycles. The molecule has 0 aliphatic carbocycles. The first-order valence-corrected chi connectivity index (χ1v) is 9.84. The Morgan fingerprint density at radius 3 is 2.36 bits per heavy atom. The van der Waals surface area contributed by atoms with Gasteiger partial charge in [0.15, 0.2) is 0 Å². The van der Waals surface area contributed by atoms with Gasteiger partial charge in [0, 0.05) is 44.1 Å². The molecule has 1 fully saturated rings. The smallest absolute Gasteiger partial charge is 0.256 e. The summed E-state index contributed by atoms with van der Waals surface area (Å²) < 4.78 is 0. The summed E-state index contributed by atoms with van der Waals surface area (Å²) in [5, 5.41) is 2.94. The summed E-state index contributed by atoms with van der Waals surface area (Å²) in [6.45, 7) is 5.71. The van der Waals surface area contributed by atoms with Gasteiger partial charge in [0.1, 0.15) is 0 Å². The molecule has 3 rings (SSSR count). The van der Waals surface area contributed by atoms with Crippen molar-refractivity contribution in [2.45, 2.75) is 26.7 Å². The molecule has 2 aromatic carbocycles. The molecular formula is C23H29N3O2. The van der Waals surface area contributed by atoms with Crippen LogP contribution in [-0.2, 0) is 0 Å². The van der Waals surface area contributed by atoms with Gasteiger partial charge in [-0.3, -0.25) is 9.59 Å². The van der Waals surface area contributed by atoms with Gasteiger partial charge in [-0.05, 0) is 55.5 Å². The fourth-order valence-electron chi connectivity index (χ4n) is 3.58. The number of nitrogens with one attached hydrogen (secondary N) is 1. The number of amides is 2. The molecular weight excluding hydrogens is 350 g/mol. The number of likely N-dealkylation sites (tertiary alicyclic amines) is 1. The first-order valence-electron chi connectivity index (χ1n) is 9.84. The average molecular weight is 380 g/mol. The molecule has 0 unspecified atom stereocenters. The summed E-state index contributed by atoms with van der Waals surface area (Å²) in [4.78, 5) is 29.7. The lowest BCUT2D eigenvalue weighted by atomic mass is 9.98. The molecule has 2 aromatic rings. The average Bonchev–Trinajstić information content (AvgIpc) is 2.68. The second-order valence-corrected chi connectivity index (χ2v) is 7.87. The maximum Gasteiger partial charge on any atom is 0.256 e. The molecule has 1 aliphatic rings. The molecule has 2 amide bonds. The third kappa shape index (κ3) is 4.35. The van der Waals surface area contributed by atoms with E-state index in [1.54, 1.807) is 12.1 Å². The van der Waals surface area contributed by atoms with Gasteiger partial charge < -0.3 is 15.1 Å². The van der Waals surface area contributed by atoms with E-state index in [2.05, 4.69) is 12.2 Å². The van der Waals surface area contributed by atoms with E-state index in [1.807, 2.05) is 61.2 Å². The van der Waals surface area contributed by atoms with Crippen LogP contribution in [0.15, 0.2) is 42.5 Å². The summed E-state index contributed by atoms with van der Waals surface area (Å²) in [5.74, 6) is 0.528. The van der Waals surface area contributed by atoms with Crippen LogP contribution < -0.4 is 10.2 Å². The number of carbonyl (C=O) groups excluding carboxylic acids is 2. The van der Waals surface area contributed by atoms with Crippen LogP contribution in [0.4, 0.5) is 11.4 Å². The summed E-state index contributed by atoms with van der Waals surface area (Å²) in [7, 11) is 3.85. The molecule has 28 heavy (non-hydrogen) atoms. The van der Waals surface area contributed by atoms with Gasteiger partial charge in [0.05, 0.1) is 5.56 Å². The Morgan fingerprint density at radius 1 is 1.04 bits per heavy atom. The Kier molecular flexibility index (Phi) is 6.02. The molecule has 1 N–H and O–H groups in total. The number of nitrogens with zero attached hydrogens (tertiary/aromatic N) is 2. The van der Waals surface area contributed by atoms with Crippen molar-refractivity contribution in [3.63, 3.8) is 0 Å². The predicted molar refractivity (Wildman–Crippen MR) is 114 cm³/mol. The highest BCUT2D eigenvalue weighted by Crippen LogP contribution is 2.27. The highest BCUT2D eigenvalue weighted by atomic mass is 16.2. The maximum atomic E-state index is 13.2. The summed E-state index contributed by atoms with van der Waals surface area (Å²) in [6, 6.07) is 13.0. The van der Waals surface area contributed by atoms with E-state index >= 15 is 0 Å². The van der Waals surface area contributed by atoms with Gasteiger partial charge in [-0.1, -0.05) is 25.1 Å². The van der Waals surface area contributed by atoms with Gasteiger partial charge >= 0.3 is 0 Å². The summed E-state index contributed by atoms with van der Waals surface area (Å²) in [6.07, 6.45) is 2.07. The van der Waals surface area contributed by atoms with Gasteiger partial charge in [0.25, 0.3) is 11.8 Å². The third-order valence-electron chi connectivity index (χ3n) is 5.43. The Hall–Kier alpha value is -2.82. The van der Waals surface area contributed by atoms with E-state index in [0.29, 0.717) is 22.7 Å². The normalized spacial score (nSPS) is 14.6. The van der Waals surface area contributed by atoms with Crippen LogP contribution >= 0.6 is 0 Å². The number of carbonyl (C=O) groups is 2. The molecule has 0 aromatic heterocycles. The van der Waals surface area contributed by atoms with E-state index in [9.17, 15) is 9.59 Å². The number of aryl methyl sites for hydroxylation is 1. The zero-order valence-electron chi connectivity index (χ0n) is 17.2. The van der Waals surface area contributed by atoms with Crippen molar-refractivity contribution in [3.8, 4) is 0 Å². The maximum absolute atomic E-state index is 13.2. The van der Waals surface area contributed by atoms with E-state index in [1.165, 1.54) is 0 Å². The number of benzene rings is 2. The van der Waals surface area contributed by atoms with Crippen LogP contribution in [0.1, 0.15) is 46.0 Å². The van der Waals surface area contributed by atoms with Gasteiger partial charge in [-0.2, -0.15) is 0 Å². The van der Waals surface area contributed by atoms with Gasteiger partial charge in [0.2, 0.25) is 0 Å². The quantitative estimate of drug-likeness (QED) is 0.867. The van der Waals surface area contributed by atoms with Crippen molar-refractivity contribution < 1.29 is 9.59 Å². The lowest BCUT2D eigenvalue weighted by molar-refractivity contribution is 0.0697. The van der Waals surface area contributed by atoms with Crippen molar-refractivity contribution in [2.75, 3.05) is 37.4 Å². The predicted octanol–water partition coefficient (Wildman–Crippen LogP) is 4.19. The number of anilines is 2. The van der Waals surface area contributed by atoms with Crippen molar-refractivity contribution >= 4 is 23.2 Å². The first-order chi connectivity index (χ1) is 13.4. The van der Waals surface area contributed by atoms with Crippen LogP contribution in [-0.4, -0.2) is 43.9 Å². The standard InChI is InChI=1S/C23H29N3O2/c1-16-11-13-26(14-12-16)23(28)20-15-18(9-10-21(20)25(3)4)24-22(27)19-8-6-5-7-17(19)2/h5-10,15-16H,11-14H2,1-4H3,(H,24,27). The minimum Gasteiger partial charge on any atom is -0.377 e. The minimum absolute atomic E-state index is 0.0302. The molecule has 0 spiro atoms. The molecule has 0 radical (unpaired) electrons. The highest BCUT2D eigenvalue weighted by Gasteiger charge is 2.24. The first kappa shape index (κ1) is 19.9. The molecule has 1 saturated heterocycles. The van der Waals surface area contributed by atoms with E-state index in [4.69, 9.17) is 0 Å². The molecule has 1 heterocycles. The molecule has 148 valence electrons. The molecule has 0 bridgehead atoms. The second kappa shape index (κ2) is 8.46. The highest BCUT2D eigenvalue weighted by molar-refractivity contribution is 6.07. The zero-order chi connectivity index (χ0) is 20.3. The number of piperidine rings is 1. The minimum atomic E-state index is -0.166. The van der Waals surface area contributed by atoms with Crippen molar-refractivity contribution in [1.82, 2.24) is 4.90 Å². The zero-order valence-corrected chi connectivity index (χ0v) is 17.2. The van der Waals surface area contributed by atoms with Gasteiger partial charge in [-0.15, -0.1) is 0 Å². The van der Waals surface area contributed by atoms with Crippen molar-refractivity contribution in [1.29, 1.82) is 0 Å². The van der Waals surface area contributed by atoms with Crippen LogP contribution in [0.25, 0.3) is 0 Å². The number of hydrogen-bond donors (Lipinski definition) is 1. The van der Waals surface area contributed by atoms with E-state index in [0.717, 1.165) is 37.2 Å². The SMILES string of the molecule is Cc1ccccc1C(=O)Nc1ccc(N(C)C)c(C(=O)N2CCC(C)CC2)c1. The molecule has 5 heteroatoms. The van der Waals surface area contributed by atoms with E-state index < -0.39 is 0 Å². The van der Waals surface area contributed by atoms with Crippen molar-refractivity contribution in [2.24, 2.45) is 5.92 Å². The largest absolute Gasteiger partial charge is 0.377 e. The Morgan fingerprint density at radius 2 is 1.71 bits per heavy atom. The van der Waals surface area contributed by atoms with Crippen LogP contribution in [0.2, 0.25) is 0 Å². The fraction of sp³-hybridized carbons (Fsp3) is 0.391. The summed E-state index contributed by atoms with van der Waals surface area (Å²) in [5.41, 5.74) is 3.67. The third-order valence-corrected chi connectivity index (χ3v) is 5.43. The van der Waals surface area contributed by atoms with Gasteiger partial charge in [-0.25, -0.2) is 0 Å². The summed E-state index contributed by atoms with van der Waals surface area (Å²) >= 11 is 0. The second-order valence-electron chi connectivity index (χ2n) is 7.87. The number of rotatable bonds is 4. The lowest BCUT2D eigenvalue weighted by Crippen LogP contribution is -2.38. The molecule has 0 atom stereocenters. The Balaban J connectivity index is 1.86. The number of hydrogen-bond acceptors (Lipinski definition) is 3. The van der Waals surface area contributed by atoms with E-state index in [-0.39, 0.29) is 11.8 Å².